The van der Waals surface area contributed by atoms with Crippen LogP contribution in [-0.2, 0) is 0 Å². The lowest BCUT2D eigenvalue weighted by Gasteiger charge is -2.09. The number of carbonyl (C=O) groups is 1. The van der Waals surface area contributed by atoms with Crippen molar-refractivity contribution in [2.24, 2.45) is 5.73 Å². The molecule has 134 valence electrons. The average molecular weight is 359 g/mol. The first-order valence-electron chi connectivity index (χ1n) is 7.97. The van der Waals surface area contributed by atoms with E-state index in [-0.39, 0.29) is 5.95 Å². The molecule has 3 rings (SSSR count). The molecule has 2 amide bonds. The van der Waals surface area contributed by atoms with Gasteiger partial charge in [0.25, 0.3) is 0 Å². The quantitative estimate of drug-likeness (QED) is 0.514. The van der Waals surface area contributed by atoms with Gasteiger partial charge in [0.2, 0.25) is 5.95 Å². The van der Waals surface area contributed by atoms with Crippen LogP contribution in [0.3, 0.4) is 0 Å². The van der Waals surface area contributed by atoms with Crippen LogP contribution >= 0.6 is 0 Å². The van der Waals surface area contributed by atoms with E-state index in [4.69, 9.17) is 17.2 Å². The fourth-order valence-electron chi connectivity index (χ4n) is 2.42. The smallest absolute Gasteiger partial charge is 0.316 e. The third-order valence-electron chi connectivity index (χ3n) is 3.65. The van der Waals surface area contributed by atoms with Gasteiger partial charge in [-0.25, -0.2) is 19.7 Å². The van der Waals surface area contributed by atoms with Gasteiger partial charge in [-0.3, -0.25) is 0 Å². The Labute approximate surface area is 155 Å². The standard InChI is InChI=1S/C19H17N7O/c1-11-15(8-2-12-3-9-16(20)23-10-12)17(26-18(21)24-11)13-4-6-14(7-5-13)25-19(22)27/h3-7,9-10H,1H3,(H2,20,23)(H2,21,24,26)(H3,22,25,27). The molecule has 0 aliphatic heterocycles. The Morgan fingerprint density at radius 3 is 2.41 bits per heavy atom. The van der Waals surface area contributed by atoms with Gasteiger partial charge in [0.15, 0.2) is 0 Å². The van der Waals surface area contributed by atoms with Crippen LogP contribution in [0, 0.1) is 18.8 Å². The van der Waals surface area contributed by atoms with Crippen LogP contribution in [0.25, 0.3) is 11.3 Å². The summed E-state index contributed by atoms with van der Waals surface area (Å²) >= 11 is 0. The second kappa shape index (κ2) is 7.41. The van der Waals surface area contributed by atoms with E-state index in [1.807, 2.05) is 6.92 Å². The summed E-state index contributed by atoms with van der Waals surface area (Å²) in [5.74, 6) is 6.71. The third kappa shape index (κ3) is 4.29. The number of hydrogen-bond acceptors (Lipinski definition) is 6. The van der Waals surface area contributed by atoms with Gasteiger partial charge >= 0.3 is 6.03 Å². The highest BCUT2D eigenvalue weighted by Crippen LogP contribution is 2.25. The number of urea groups is 1. The van der Waals surface area contributed by atoms with E-state index in [1.54, 1.807) is 42.6 Å². The largest absolute Gasteiger partial charge is 0.384 e. The molecule has 0 unspecified atom stereocenters. The van der Waals surface area contributed by atoms with E-state index in [9.17, 15) is 4.79 Å². The molecular formula is C19H17N7O. The topological polar surface area (TPSA) is 146 Å². The van der Waals surface area contributed by atoms with E-state index >= 15 is 0 Å². The number of rotatable bonds is 2. The van der Waals surface area contributed by atoms with E-state index in [2.05, 4.69) is 32.1 Å². The number of aromatic nitrogens is 3. The molecule has 0 fully saturated rings. The molecule has 8 nitrogen and oxygen atoms in total. The van der Waals surface area contributed by atoms with Gasteiger partial charge in [-0.15, -0.1) is 0 Å². The van der Waals surface area contributed by atoms with Gasteiger partial charge in [-0.05, 0) is 31.2 Å². The van der Waals surface area contributed by atoms with E-state index in [0.29, 0.717) is 34.0 Å². The zero-order valence-electron chi connectivity index (χ0n) is 14.5. The predicted molar refractivity (Wildman–Crippen MR) is 104 cm³/mol. The number of aryl methyl sites for hydroxylation is 1. The summed E-state index contributed by atoms with van der Waals surface area (Å²) < 4.78 is 0. The Morgan fingerprint density at radius 2 is 1.78 bits per heavy atom. The van der Waals surface area contributed by atoms with Crippen LogP contribution in [-0.4, -0.2) is 21.0 Å². The molecule has 0 aliphatic rings. The van der Waals surface area contributed by atoms with E-state index in [1.165, 1.54) is 0 Å². The number of nitrogen functional groups attached to an aromatic ring is 2. The fourth-order valence-corrected chi connectivity index (χ4v) is 2.42. The molecule has 0 saturated heterocycles. The highest BCUT2D eigenvalue weighted by molar-refractivity contribution is 5.88. The van der Waals surface area contributed by atoms with Gasteiger partial charge in [0, 0.05) is 23.0 Å². The predicted octanol–water partition coefficient (Wildman–Crippen LogP) is 1.90. The van der Waals surface area contributed by atoms with Gasteiger partial charge in [0.1, 0.15) is 5.82 Å². The van der Waals surface area contributed by atoms with E-state index in [0.717, 1.165) is 5.56 Å². The number of nitrogens with two attached hydrogens (primary N) is 3. The van der Waals surface area contributed by atoms with Crippen LogP contribution in [0.4, 0.5) is 22.2 Å². The zero-order chi connectivity index (χ0) is 19.4. The molecule has 0 atom stereocenters. The van der Waals surface area contributed by atoms with Crippen molar-refractivity contribution in [2.45, 2.75) is 6.92 Å². The second-order valence-corrected chi connectivity index (χ2v) is 5.68. The average Bonchev–Trinajstić information content (AvgIpc) is 2.62. The zero-order valence-corrected chi connectivity index (χ0v) is 14.5. The number of primary amides is 1. The molecule has 2 heterocycles. The monoisotopic (exact) mass is 359 g/mol. The molecule has 7 N–H and O–H groups in total. The first-order chi connectivity index (χ1) is 12.9. The van der Waals surface area contributed by atoms with E-state index < -0.39 is 6.03 Å². The summed E-state index contributed by atoms with van der Waals surface area (Å²) in [7, 11) is 0. The number of anilines is 3. The lowest BCUT2D eigenvalue weighted by molar-refractivity contribution is 0.259. The third-order valence-corrected chi connectivity index (χ3v) is 3.65. The Kier molecular flexibility index (Phi) is 4.86. The summed E-state index contributed by atoms with van der Waals surface area (Å²) in [6, 6.07) is 9.86. The Bertz CT molecular complexity index is 1050. The SMILES string of the molecule is Cc1nc(N)nc(-c2ccc(NC(N)=O)cc2)c1C#Cc1ccc(N)nc1. The Hall–Kier alpha value is -4.12. The molecule has 0 aliphatic carbocycles. The van der Waals surface area contributed by atoms with Crippen molar-refractivity contribution in [3.8, 4) is 23.1 Å². The van der Waals surface area contributed by atoms with Gasteiger partial charge < -0.3 is 22.5 Å². The summed E-state index contributed by atoms with van der Waals surface area (Å²) in [6.45, 7) is 1.82. The molecule has 0 bridgehead atoms. The maximum atomic E-state index is 11.0. The number of carbonyl (C=O) groups excluding carboxylic acids is 1. The number of amides is 2. The summed E-state index contributed by atoms with van der Waals surface area (Å²) in [5.41, 5.74) is 20.5. The molecule has 27 heavy (non-hydrogen) atoms. The minimum absolute atomic E-state index is 0.154. The second-order valence-electron chi connectivity index (χ2n) is 5.68. The van der Waals surface area contributed by atoms with Crippen LogP contribution < -0.4 is 22.5 Å². The Morgan fingerprint density at radius 1 is 1.04 bits per heavy atom. The van der Waals surface area contributed by atoms with Crippen LogP contribution in [0.5, 0.6) is 0 Å². The summed E-state index contributed by atoms with van der Waals surface area (Å²) in [4.78, 5) is 23.5. The molecule has 2 aromatic heterocycles. The van der Waals surface area contributed by atoms with Gasteiger partial charge in [-0.2, -0.15) is 0 Å². The summed E-state index contributed by atoms with van der Waals surface area (Å²) in [5, 5.41) is 2.51. The van der Waals surface area contributed by atoms with Crippen LogP contribution in [0.15, 0.2) is 42.6 Å². The number of nitrogens with one attached hydrogen (secondary N) is 1. The molecule has 1 aromatic carbocycles. The van der Waals surface area contributed by atoms with Crippen molar-refractivity contribution in [2.75, 3.05) is 16.8 Å². The maximum absolute atomic E-state index is 11.0. The molecule has 8 heteroatoms. The summed E-state index contributed by atoms with van der Waals surface area (Å²) in [6.07, 6.45) is 1.60. The first kappa shape index (κ1) is 17.7. The van der Waals surface area contributed by atoms with Crippen molar-refractivity contribution in [3.63, 3.8) is 0 Å². The maximum Gasteiger partial charge on any atom is 0.316 e. The molecular weight excluding hydrogens is 342 g/mol. The fraction of sp³-hybridized carbons (Fsp3) is 0.0526. The van der Waals surface area contributed by atoms with Crippen LogP contribution in [0.2, 0.25) is 0 Å². The molecule has 0 radical (unpaired) electrons. The minimum Gasteiger partial charge on any atom is -0.384 e. The normalized spacial score (nSPS) is 9.96. The van der Waals surface area contributed by atoms with Crippen molar-refractivity contribution >= 4 is 23.5 Å². The van der Waals surface area contributed by atoms with Crippen molar-refractivity contribution < 1.29 is 4.79 Å². The minimum atomic E-state index is -0.631. The molecule has 0 saturated carbocycles. The van der Waals surface area contributed by atoms with Crippen molar-refractivity contribution in [3.05, 3.63) is 59.4 Å². The van der Waals surface area contributed by atoms with Crippen molar-refractivity contribution in [1.82, 2.24) is 15.0 Å². The number of hydrogen-bond donors (Lipinski definition) is 4. The van der Waals surface area contributed by atoms with Crippen molar-refractivity contribution in [1.29, 1.82) is 0 Å². The molecule has 3 aromatic rings. The van der Waals surface area contributed by atoms with Gasteiger partial charge in [-0.1, -0.05) is 24.0 Å². The highest BCUT2D eigenvalue weighted by atomic mass is 16.2. The number of nitrogens with zero attached hydrogens (tertiary/aromatic N) is 3. The van der Waals surface area contributed by atoms with Gasteiger partial charge in [0.05, 0.1) is 17.0 Å². The number of pyridine rings is 1. The lowest BCUT2D eigenvalue weighted by atomic mass is 10.0. The highest BCUT2D eigenvalue weighted by Gasteiger charge is 2.11. The lowest BCUT2D eigenvalue weighted by Crippen LogP contribution is -2.19. The first-order valence-corrected chi connectivity index (χ1v) is 7.97. The molecule has 0 spiro atoms. The number of benzene rings is 1. The van der Waals surface area contributed by atoms with Crippen LogP contribution in [0.1, 0.15) is 16.8 Å². The Balaban J connectivity index is 2.03.